The van der Waals surface area contributed by atoms with Gasteiger partial charge in [0.25, 0.3) is 0 Å². The number of nitrogens with zero attached hydrogens (tertiary/aromatic N) is 1. The smallest absolute Gasteiger partial charge is 0.0589 e. The molecule has 0 bridgehead atoms. The Kier molecular flexibility index (Phi) is 7.82. The van der Waals surface area contributed by atoms with Crippen molar-refractivity contribution in [3.63, 3.8) is 0 Å². The quantitative estimate of drug-likeness (QED) is 0.709. The Bertz CT molecular complexity index is 179. The van der Waals surface area contributed by atoms with Crippen LogP contribution in [0.5, 0.6) is 0 Å². The largest absolute Gasteiger partial charge is 0.383 e. The Morgan fingerprint density at radius 3 is 2.65 bits per heavy atom. The molecule has 0 radical (unpaired) electrons. The summed E-state index contributed by atoms with van der Waals surface area (Å²) in [5.74, 6) is 0.887. The second-order valence-corrected chi connectivity index (χ2v) is 5.19. The summed E-state index contributed by atoms with van der Waals surface area (Å²) in [5, 5.41) is 0. The van der Waals surface area contributed by atoms with Crippen LogP contribution < -0.4 is 5.73 Å². The first-order valence-corrected chi connectivity index (χ1v) is 7.26. The van der Waals surface area contributed by atoms with Gasteiger partial charge in [0.15, 0.2) is 0 Å². The van der Waals surface area contributed by atoms with Gasteiger partial charge < -0.3 is 10.5 Å². The third kappa shape index (κ3) is 4.94. The van der Waals surface area contributed by atoms with E-state index in [1.54, 1.807) is 7.11 Å². The number of rotatable bonds is 8. The molecule has 102 valence electrons. The molecule has 0 amide bonds. The molecule has 2 N–H and O–H groups in total. The highest BCUT2D eigenvalue weighted by Crippen LogP contribution is 2.30. The zero-order valence-corrected chi connectivity index (χ0v) is 11.7. The molecule has 0 aromatic heterocycles. The van der Waals surface area contributed by atoms with Gasteiger partial charge in [-0.25, -0.2) is 0 Å². The lowest BCUT2D eigenvalue weighted by Crippen LogP contribution is -2.44. The van der Waals surface area contributed by atoms with E-state index >= 15 is 0 Å². The molecule has 0 aliphatic heterocycles. The Hall–Kier alpha value is -0.120. The van der Waals surface area contributed by atoms with E-state index < -0.39 is 0 Å². The molecule has 0 aromatic carbocycles. The average molecular weight is 242 g/mol. The van der Waals surface area contributed by atoms with E-state index in [0.29, 0.717) is 0 Å². The van der Waals surface area contributed by atoms with Gasteiger partial charge >= 0.3 is 0 Å². The van der Waals surface area contributed by atoms with E-state index in [0.717, 1.165) is 44.6 Å². The van der Waals surface area contributed by atoms with Crippen molar-refractivity contribution in [1.82, 2.24) is 4.90 Å². The number of nitrogens with two attached hydrogens (primary N) is 1. The fraction of sp³-hybridized carbons (Fsp3) is 1.00. The maximum Gasteiger partial charge on any atom is 0.0589 e. The van der Waals surface area contributed by atoms with Gasteiger partial charge in [0.05, 0.1) is 6.61 Å². The molecule has 1 fully saturated rings. The summed E-state index contributed by atoms with van der Waals surface area (Å²) in [5.41, 5.74) is 5.64. The minimum atomic E-state index is 0.774. The van der Waals surface area contributed by atoms with E-state index in [2.05, 4.69) is 11.8 Å². The zero-order valence-electron chi connectivity index (χ0n) is 11.7. The lowest BCUT2D eigenvalue weighted by Gasteiger charge is -2.40. The molecule has 0 heterocycles. The second kappa shape index (κ2) is 8.90. The predicted molar refractivity (Wildman–Crippen MR) is 73.2 cm³/mol. The predicted octanol–water partition coefficient (Wildman–Crippen LogP) is 2.25. The Balaban J connectivity index is 2.51. The van der Waals surface area contributed by atoms with E-state index in [1.165, 1.54) is 32.1 Å². The lowest BCUT2D eigenvalue weighted by molar-refractivity contribution is 0.0690. The first-order valence-electron chi connectivity index (χ1n) is 7.26. The summed E-state index contributed by atoms with van der Waals surface area (Å²) in [4.78, 5) is 2.63. The summed E-state index contributed by atoms with van der Waals surface area (Å²) in [6.07, 6.45) is 8.02. The van der Waals surface area contributed by atoms with Gasteiger partial charge in [0.2, 0.25) is 0 Å². The molecule has 0 aromatic rings. The Morgan fingerprint density at radius 1 is 1.24 bits per heavy atom. The van der Waals surface area contributed by atoms with Crippen molar-refractivity contribution in [3.05, 3.63) is 0 Å². The van der Waals surface area contributed by atoms with Crippen molar-refractivity contribution in [2.24, 2.45) is 11.7 Å². The molecule has 1 saturated carbocycles. The number of hydrogen-bond donors (Lipinski definition) is 1. The van der Waals surface area contributed by atoms with Crippen LogP contribution in [0, 0.1) is 5.92 Å². The van der Waals surface area contributed by atoms with Crippen LogP contribution in [-0.4, -0.2) is 44.3 Å². The third-order valence-electron chi connectivity index (χ3n) is 4.09. The monoisotopic (exact) mass is 242 g/mol. The van der Waals surface area contributed by atoms with Gasteiger partial charge in [-0.05, 0) is 38.3 Å². The van der Waals surface area contributed by atoms with Gasteiger partial charge in [-0.3, -0.25) is 4.90 Å². The van der Waals surface area contributed by atoms with Crippen LogP contribution in [0.15, 0.2) is 0 Å². The number of ether oxygens (including phenoxy) is 1. The van der Waals surface area contributed by atoms with Crippen molar-refractivity contribution >= 4 is 0 Å². The van der Waals surface area contributed by atoms with Crippen LogP contribution in [0.25, 0.3) is 0 Å². The van der Waals surface area contributed by atoms with Gasteiger partial charge in [-0.2, -0.15) is 0 Å². The van der Waals surface area contributed by atoms with Gasteiger partial charge in [0, 0.05) is 19.7 Å². The summed E-state index contributed by atoms with van der Waals surface area (Å²) >= 11 is 0. The first-order chi connectivity index (χ1) is 8.33. The van der Waals surface area contributed by atoms with Crippen molar-refractivity contribution in [2.75, 3.05) is 33.4 Å². The highest BCUT2D eigenvalue weighted by molar-refractivity contribution is 4.82. The zero-order chi connectivity index (χ0) is 12.5. The molecule has 3 heteroatoms. The molecule has 3 nitrogen and oxygen atoms in total. The minimum absolute atomic E-state index is 0.774. The molecular formula is C14H30N2O. The first kappa shape index (κ1) is 14.9. The molecule has 1 aliphatic carbocycles. The van der Waals surface area contributed by atoms with Crippen molar-refractivity contribution in [3.8, 4) is 0 Å². The average Bonchev–Trinajstić information content (AvgIpc) is 2.39. The van der Waals surface area contributed by atoms with Crippen LogP contribution in [-0.2, 0) is 4.74 Å². The van der Waals surface area contributed by atoms with Crippen molar-refractivity contribution < 1.29 is 4.74 Å². The van der Waals surface area contributed by atoms with Crippen LogP contribution in [0.2, 0.25) is 0 Å². The maximum absolute atomic E-state index is 5.64. The van der Waals surface area contributed by atoms with Crippen molar-refractivity contribution in [1.29, 1.82) is 0 Å². The van der Waals surface area contributed by atoms with Gasteiger partial charge in [-0.15, -0.1) is 0 Å². The topological polar surface area (TPSA) is 38.5 Å². The van der Waals surface area contributed by atoms with E-state index in [1.807, 2.05) is 0 Å². The Labute approximate surface area is 107 Å². The molecule has 1 aliphatic rings. The molecule has 1 rings (SSSR count). The minimum Gasteiger partial charge on any atom is -0.383 e. The van der Waals surface area contributed by atoms with E-state index in [4.69, 9.17) is 10.5 Å². The van der Waals surface area contributed by atoms with Crippen LogP contribution in [0.3, 0.4) is 0 Å². The highest BCUT2D eigenvalue weighted by atomic mass is 16.5. The van der Waals surface area contributed by atoms with E-state index in [9.17, 15) is 0 Å². The molecule has 2 atom stereocenters. The second-order valence-electron chi connectivity index (χ2n) is 5.19. The number of methoxy groups -OCH3 is 1. The maximum atomic E-state index is 5.64. The summed E-state index contributed by atoms with van der Waals surface area (Å²) in [6, 6.07) is 0.774. The fourth-order valence-electron chi connectivity index (χ4n) is 3.09. The van der Waals surface area contributed by atoms with Gasteiger partial charge in [0.1, 0.15) is 0 Å². The SMILES string of the molecule is CCC1CCCCC1N(CCCN)CCOC. The lowest BCUT2D eigenvalue weighted by atomic mass is 9.82. The summed E-state index contributed by atoms with van der Waals surface area (Å²) in [6.45, 7) is 6.18. The summed E-state index contributed by atoms with van der Waals surface area (Å²) in [7, 11) is 1.79. The Morgan fingerprint density at radius 2 is 2.00 bits per heavy atom. The fourth-order valence-corrected chi connectivity index (χ4v) is 3.09. The molecule has 0 saturated heterocycles. The van der Waals surface area contributed by atoms with Crippen molar-refractivity contribution in [2.45, 2.75) is 51.5 Å². The van der Waals surface area contributed by atoms with E-state index in [-0.39, 0.29) is 0 Å². The third-order valence-corrected chi connectivity index (χ3v) is 4.09. The standard InChI is InChI=1S/C14H30N2O/c1-3-13-7-4-5-8-14(13)16(10-6-9-15)11-12-17-2/h13-14H,3-12,15H2,1-2H3. The normalized spacial score (nSPS) is 25.4. The summed E-state index contributed by atoms with van der Waals surface area (Å²) < 4.78 is 5.24. The van der Waals surface area contributed by atoms with Gasteiger partial charge in [-0.1, -0.05) is 26.2 Å². The van der Waals surface area contributed by atoms with Crippen LogP contribution >= 0.6 is 0 Å². The molecule has 0 spiro atoms. The molecular weight excluding hydrogens is 212 g/mol. The molecule has 17 heavy (non-hydrogen) atoms. The number of hydrogen-bond acceptors (Lipinski definition) is 3. The molecule has 2 unspecified atom stereocenters. The van der Waals surface area contributed by atoms with Crippen LogP contribution in [0.4, 0.5) is 0 Å². The van der Waals surface area contributed by atoms with Crippen LogP contribution in [0.1, 0.15) is 45.4 Å². The highest BCUT2D eigenvalue weighted by Gasteiger charge is 2.28.